The molecule has 4 aromatic rings. The van der Waals surface area contributed by atoms with E-state index in [1.54, 1.807) is 23.9 Å². The summed E-state index contributed by atoms with van der Waals surface area (Å²) >= 11 is 6.29. The summed E-state index contributed by atoms with van der Waals surface area (Å²) in [5.41, 5.74) is 3.23. The number of hydrogen-bond acceptors (Lipinski definition) is 7. The van der Waals surface area contributed by atoms with Crippen molar-refractivity contribution < 1.29 is 19.1 Å². The number of hydrogen-bond donors (Lipinski definition) is 2. The molecule has 45 heavy (non-hydrogen) atoms. The Labute approximate surface area is 275 Å². The number of carbonyl (C=O) groups excluding carboxylic acids is 3. The number of nitrogens with one attached hydrogen (secondary N) is 2. The summed E-state index contributed by atoms with van der Waals surface area (Å²) in [5, 5.41) is 3.78. The van der Waals surface area contributed by atoms with Gasteiger partial charge in [0.25, 0.3) is 5.91 Å². The van der Waals surface area contributed by atoms with E-state index in [9.17, 15) is 19.2 Å². The van der Waals surface area contributed by atoms with E-state index in [0.717, 1.165) is 31.9 Å². The number of nitrogens with zero attached hydrogens (tertiary/aromatic N) is 1. The van der Waals surface area contributed by atoms with E-state index in [-0.39, 0.29) is 64.0 Å². The second-order valence-corrected chi connectivity index (χ2v) is 15.3. The summed E-state index contributed by atoms with van der Waals surface area (Å²) < 4.78 is 7.06. The summed E-state index contributed by atoms with van der Waals surface area (Å²) in [6.45, 7) is 1.79. The van der Waals surface area contributed by atoms with Crippen LogP contribution in [0, 0.1) is 36.5 Å². The molecule has 2 N–H and O–H groups in total. The van der Waals surface area contributed by atoms with Crippen molar-refractivity contribution in [3.8, 4) is 5.75 Å². The van der Waals surface area contributed by atoms with Gasteiger partial charge in [-0.3, -0.25) is 24.1 Å². The van der Waals surface area contributed by atoms with E-state index in [0.29, 0.717) is 17.1 Å². The minimum Gasteiger partial charge on any atom is -0.483 e. The lowest BCUT2D eigenvalue weighted by Gasteiger charge is -2.43. The molecule has 2 bridgehead atoms. The molecule has 3 fully saturated rings. The van der Waals surface area contributed by atoms with Crippen LogP contribution in [0.25, 0.3) is 0 Å². The molecular weight excluding hydrogens is 674 g/mol. The minimum atomic E-state index is -0.402. The molecule has 8 rings (SSSR count). The van der Waals surface area contributed by atoms with Crippen LogP contribution >= 0.6 is 39.0 Å². The van der Waals surface area contributed by atoms with Gasteiger partial charge in [0.2, 0.25) is 11.8 Å². The van der Waals surface area contributed by atoms with Crippen molar-refractivity contribution in [3.05, 3.63) is 103 Å². The fraction of sp³-hybridized carbons (Fsp3) is 0.294. The highest BCUT2D eigenvalue weighted by Crippen LogP contribution is 2.69. The van der Waals surface area contributed by atoms with Crippen LogP contribution in [0.4, 0.5) is 11.4 Å². The fourth-order valence-electron chi connectivity index (χ4n) is 8.14. The molecule has 7 atom stereocenters. The van der Waals surface area contributed by atoms with Gasteiger partial charge in [0.05, 0.1) is 22.5 Å². The van der Waals surface area contributed by atoms with Crippen LogP contribution in [-0.2, 0) is 14.4 Å². The zero-order valence-corrected chi connectivity index (χ0v) is 27.3. The maximum Gasteiger partial charge on any atom is 0.305 e. The zero-order valence-electron chi connectivity index (χ0n) is 24.1. The van der Waals surface area contributed by atoms with Crippen LogP contribution in [0.2, 0.25) is 0 Å². The Morgan fingerprint density at radius 3 is 2.53 bits per heavy atom. The first-order valence-electron chi connectivity index (χ1n) is 14.9. The lowest BCUT2D eigenvalue weighted by Crippen LogP contribution is -2.42. The Balaban J connectivity index is 1.12. The van der Waals surface area contributed by atoms with Crippen molar-refractivity contribution in [1.82, 2.24) is 4.98 Å². The number of rotatable bonds is 6. The highest BCUT2D eigenvalue weighted by atomic mass is 79.9. The number of imide groups is 1. The molecule has 3 aromatic carbocycles. The van der Waals surface area contributed by atoms with Crippen LogP contribution in [-0.4, -0.2) is 34.6 Å². The van der Waals surface area contributed by atoms with Crippen molar-refractivity contribution in [2.24, 2.45) is 29.6 Å². The summed E-state index contributed by atoms with van der Waals surface area (Å²) in [6.07, 6.45) is 0.793. The lowest BCUT2D eigenvalue weighted by molar-refractivity contribution is -0.123. The lowest BCUT2D eigenvalue weighted by atomic mass is 9.68. The molecular formula is C34H28BrN3O5S2. The average Bonchev–Trinajstić information content (AvgIpc) is 3.76. The number of aromatic amines is 1. The summed E-state index contributed by atoms with van der Waals surface area (Å²) in [6, 6.07) is 22.6. The predicted molar refractivity (Wildman–Crippen MR) is 177 cm³/mol. The molecule has 2 aliphatic carbocycles. The van der Waals surface area contributed by atoms with E-state index < -0.39 is 5.92 Å². The smallest absolute Gasteiger partial charge is 0.305 e. The Hall–Kier alpha value is -3.67. The number of carbonyl (C=O) groups is 3. The molecule has 4 unspecified atom stereocenters. The largest absolute Gasteiger partial charge is 0.483 e. The second kappa shape index (κ2) is 11.0. The number of benzene rings is 3. The van der Waals surface area contributed by atoms with Gasteiger partial charge in [-0.05, 0) is 79.1 Å². The number of amides is 3. The van der Waals surface area contributed by atoms with Gasteiger partial charge in [-0.15, -0.1) is 11.8 Å². The second-order valence-electron chi connectivity index (χ2n) is 12.2. The number of para-hydroxylation sites is 1. The summed E-state index contributed by atoms with van der Waals surface area (Å²) in [5.74, 6) is -0.934. The van der Waals surface area contributed by atoms with E-state index in [1.807, 2.05) is 67.6 Å². The molecule has 2 saturated carbocycles. The number of ether oxygens (including phenoxy) is 1. The quantitative estimate of drug-likeness (QED) is 0.232. The third-order valence-corrected chi connectivity index (χ3v) is 12.8. The van der Waals surface area contributed by atoms with Gasteiger partial charge < -0.3 is 15.0 Å². The van der Waals surface area contributed by atoms with Gasteiger partial charge in [0.1, 0.15) is 5.75 Å². The number of thiazole rings is 1. The molecule has 3 amide bonds. The van der Waals surface area contributed by atoms with Crippen molar-refractivity contribution in [2.45, 2.75) is 29.5 Å². The molecule has 0 radical (unpaired) electrons. The molecule has 11 heteroatoms. The van der Waals surface area contributed by atoms with Crippen molar-refractivity contribution in [3.63, 3.8) is 0 Å². The number of halogens is 1. The maximum absolute atomic E-state index is 14.0. The van der Waals surface area contributed by atoms with Gasteiger partial charge in [-0.1, -0.05) is 57.6 Å². The standard InChI is InChI=1S/C34H28BrN3O5S2/c1-16-5-4-6-18(13-16)36-24(39)15-43-23-8-3-2-7-20(23)25-26-21-14-22(29(26)44-31-30(25)45-34(42)37-31)28-27(21)32(40)38(33(28)41)19-11-9-17(35)10-12-19/h2-13,21-22,25-29H,14-15H2,1H3,(H,36,39)(H,37,42)/t21-,22-,25-,26?,27?,28?,29?/m1/s1. The maximum atomic E-state index is 14.0. The van der Waals surface area contributed by atoms with Crippen LogP contribution < -0.4 is 19.8 Å². The van der Waals surface area contributed by atoms with Gasteiger partial charge in [-0.2, -0.15) is 0 Å². The first-order valence-corrected chi connectivity index (χ1v) is 17.4. The normalized spacial score (nSPS) is 27.7. The molecule has 3 heterocycles. The first-order chi connectivity index (χ1) is 21.8. The van der Waals surface area contributed by atoms with Crippen LogP contribution in [0.3, 0.4) is 0 Å². The van der Waals surface area contributed by atoms with Gasteiger partial charge in [-0.25, -0.2) is 0 Å². The number of H-pyrrole nitrogens is 1. The third kappa shape index (κ3) is 4.70. The number of thioether (sulfide) groups is 1. The van der Waals surface area contributed by atoms with E-state index in [2.05, 4.69) is 26.2 Å². The van der Waals surface area contributed by atoms with Crippen molar-refractivity contribution in [1.29, 1.82) is 0 Å². The fourth-order valence-corrected chi connectivity index (χ4v) is 11.3. The highest BCUT2D eigenvalue weighted by Gasteiger charge is 2.69. The summed E-state index contributed by atoms with van der Waals surface area (Å²) in [4.78, 5) is 58.7. The first kappa shape index (κ1) is 28.8. The van der Waals surface area contributed by atoms with Gasteiger partial charge in [0.15, 0.2) is 6.61 Å². The van der Waals surface area contributed by atoms with E-state index in [4.69, 9.17) is 4.74 Å². The SMILES string of the molecule is Cc1cccc(NC(=O)COc2ccccc2[C@H]2c3sc(=O)[nH]c3SC3C2[C@H]2C[C@@H]3C3C(=O)N(c4ccc(Br)cc4)C(=O)C32)c1. The molecule has 4 aliphatic rings. The predicted octanol–water partition coefficient (Wildman–Crippen LogP) is 6.20. The van der Waals surface area contributed by atoms with Crippen LogP contribution in [0.15, 0.2) is 87.1 Å². The van der Waals surface area contributed by atoms with Gasteiger partial charge in [0, 0.05) is 31.8 Å². The Kier molecular flexibility index (Phi) is 7.03. The number of anilines is 2. The molecule has 0 spiro atoms. The summed E-state index contributed by atoms with van der Waals surface area (Å²) in [7, 11) is 0. The molecule has 1 saturated heterocycles. The average molecular weight is 703 g/mol. The topological polar surface area (TPSA) is 109 Å². The zero-order chi connectivity index (χ0) is 31.0. The third-order valence-electron chi connectivity index (χ3n) is 9.72. The molecule has 2 aliphatic heterocycles. The highest BCUT2D eigenvalue weighted by molar-refractivity contribution is 9.10. The van der Waals surface area contributed by atoms with Crippen molar-refractivity contribution >= 4 is 68.1 Å². The Morgan fingerprint density at radius 1 is 1.00 bits per heavy atom. The van der Waals surface area contributed by atoms with E-state index in [1.165, 1.54) is 16.2 Å². The molecule has 8 nitrogen and oxygen atoms in total. The number of fused-ring (bicyclic) bond motifs is 9. The molecule has 1 aromatic heterocycles. The molecule has 228 valence electrons. The van der Waals surface area contributed by atoms with Crippen LogP contribution in [0.1, 0.15) is 28.3 Å². The number of aromatic nitrogens is 1. The van der Waals surface area contributed by atoms with Crippen molar-refractivity contribution in [2.75, 3.05) is 16.8 Å². The van der Waals surface area contributed by atoms with Gasteiger partial charge >= 0.3 is 4.87 Å². The van der Waals surface area contributed by atoms with E-state index >= 15 is 0 Å². The number of aryl methyl sites for hydroxylation is 1. The monoisotopic (exact) mass is 701 g/mol. The Bertz CT molecular complexity index is 1920. The Morgan fingerprint density at radius 2 is 1.76 bits per heavy atom. The minimum absolute atomic E-state index is 0.0131. The van der Waals surface area contributed by atoms with Crippen LogP contribution in [0.5, 0.6) is 5.75 Å².